The number of hydrogen-bond donors (Lipinski definition) is 1. The van der Waals surface area contributed by atoms with E-state index in [0.717, 1.165) is 6.42 Å². The number of nitrogens with one attached hydrogen (secondary N) is 1. The average Bonchev–Trinajstić information content (AvgIpc) is 2.84. The summed E-state index contributed by atoms with van der Waals surface area (Å²) in [6.45, 7) is 10.6. The third-order valence-corrected chi connectivity index (χ3v) is 6.15. The van der Waals surface area contributed by atoms with Crippen LogP contribution in [0.1, 0.15) is 60.1 Å². The van der Waals surface area contributed by atoms with E-state index < -0.39 is 20.5 Å². The van der Waals surface area contributed by atoms with Crippen molar-refractivity contribution >= 4 is 21.6 Å². The number of anilines is 1. The van der Waals surface area contributed by atoms with Crippen LogP contribution in [0.25, 0.3) is 0 Å². The van der Waals surface area contributed by atoms with Crippen LogP contribution in [-0.4, -0.2) is 30.0 Å². The van der Waals surface area contributed by atoms with Gasteiger partial charge in [-0.3, -0.25) is 4.79 Å². The van der Waals surface area contributed by atoms with Gasteiger partial charge in [0.1, 0.15) is 10.5 Å². The molecule has 22 heavy (non-hydrogen) atoms. The fourth-order valence-corrected chi connectivity index (χ4v) is 3.20. The van der Waals surface area contributed by atoms with E-state index in [-0.39, 0.29) is 17.0 Å². The van der Waals surface area contributed by atoms with Crippen LogP contribution in [0.4, 0.5) is 5.82 Å². The first-order valence-corrected chi connectivity index (χ1v) is 9.08. The maximum atomic E-state index is 12.3. The third-order valence-electron chi connectivity index (χ3n) is 3.58. The van der Waals surface area contributed by atoms with E-state index in [4.69, 9.17) is 4.52 Å². The topological polar surface area (TPSA) is 89.3 Å². The van der Waals surface area contributed by atoms with E-state index in [1.165, 1.54) is 13.8 Å². The molecular weight excluding hydrogens is 304 g/mol. The minimum absolute atomic E-state index is 0.00399. The quantitative estimate of drug-likeness (QED) is 0.866. The van der Waals surface area contributed by atoms with Crippen LogP contribution in [-0.2, 0) is 20.0 Å². The van der Waals surface area contributed by atoms with Gasteiger partial charge in [0, 0.05) is 11.5 Å². The SMILES string of the molecule is CCCCS(=O)(=O)C(C)(C)C(=O)Nc1cc(C(C)(C)C)on1. The molecule has 7 heteroatoms. The van der Waals surface area contributed by atoms with Gasteiger partial charge in [-0.25, -0.2) is 8.42 Å². The van der Waals surface area contributed by atoms with Crippen LogP contribution in [0.5, 0.6) is 0 Å². The highest BCUT2D eigenvalue weighted by Crippen LogP contribution is 2.26. The van der Waals surface area contributed by atoms with Crippen LogP contribution >= 0.6 is 0 Å². The number of sulfone groups is 1. The Morgan fingerprint density at radius 2 is 1.86 bits per heavy atom. The fourth-order valence-electron chi connectivity index (χ4n) is 1.69. The Kier molecular flexibility index (Phi) is 5.43. The number of hydrogen-bond acceptors (Lipinski definition) is 5. The Labute approximate surface area is 132 Å². The number of aromatic nitrogens is 1. The molecule has 0 aliphatic rings. The summed E-state index contributed by atoms with van der Waals surface area (Å²) in [6.07, 6.45) is 1.30. The van der Waals surface area contributed by atoms with Crippen molar-refractivity contribution in [2.45, 2.75) is 64.5 Å². The standard InChI is InChI=1S/C15H26N2O4S/c1-7-8-9-22(19,20)15(5,6)13(18)16-12-10-11(21-17-12)14(2,3)4/h10H,7-9H2,1-6H3,(H,16,17,18). The van der Waals surface area contributed by atoms with Crippen molar-refractivity contribution in [1.29, 1.82) is 0 Å². The molecule has 0 atom stereocenters. The van der Waals surface area contributed by atoms with Crippen molar-refractivity contribution in [2.24, 2.45) is 0 Å². The lowest BCUT2D eigenvalue weighted by Gasteiger charge is -2.23. The number of carbonyl (C=O) groups is 1. The van der Waals surface area contributed by atoms with Gasteiger partial charge in [-0.15, -0.1) is 0 Å². The average molecular weight is 330 g/mol. The van der Waals surface area contributed by atoms with Crippen LogP contribution < -0.4 is 5.32 Å². The van der Waals surface area contributed by atoms with Gasteiger partial charge in [-0.1, -0.05) is 39.3 Å². The van der Waals surface area contributed by atoms with Crippen molar-refractivity contribution in [3.63, 3.8) is 0 Å². The van der Waals surface area contributed by atoms with Gasteiger partial charge in [-0.2, -0.15) is 0 Å². The first-order chi connectivity index (χ1) is 9.91. The summed E-state index contributed by atoms with van der Waals surface area (Å²) in [5.74, 6) is 0.246. The van der Waals surface area contributed by atoms with E-state index >= 15 is 0 Å². The molecule has 0 unspecified atom stereocenters. The number of unbranched alkanes of at least 4 members (excludes halogenated alkanes) is 1. The summed E-state index contributed by atoms with van der Waals surface area (Å²) >= 11 is 0. The molecule has 6 nitrogen and oxygen atoms in total. The Hall–Kier alpha value is -1.37. The zero-order valence-electron chi connectivity index (χ0n) is 14.2. The van der Waals surface area contributed by atoms with Crippen LogP contribution in [0.3, 0.4) is 0 Å². The molecule has 1 amide bonds. The molecule has 0 spiro atoms. The van der Waals surface area contributed by atoms with Crippen molar-refractivity contribution < 1.29 is 17.7 Å². The van der Waals surface area contributed by atoms with E-state index in [1.54, 1.807) is 6.07 Å². The van der Waals surface area contributed by atoms with E-state index in [1.807, 2.05) is 27.7 Å². The predicted octanol–water partition coefficient (Wildman–Crippen LogP) is 2.90. The highest BCUT2D eigenvalue weighted by atomic mass is 32.2. The highest BCUT2D eigenvalue weighted by molar-refractivity contribution is 7.93. The van der Waals surface area contributed by atoms with Gasteiger partial charge in [0.2, 0.25) is 5.91 Å². The Morgan fingerprint density at radius 1 is 1.27 bits per heavy atom. The second kappa shape index (κ2) is 6.40. The molecule has 0 saturated carbocycles. The monoisotopic (exact) mass is 330 g/mol. The van der Waals surface area contributed by atoms with Crippen molar-refractivity contribution in [1.82, 2.24) is 5.16 Å². The van der Waals surface area contributed by atoms with Gasteiger partial charge >= 0.3 is 0 Å². The van der Waals surface area contributed by atoms with Crippen LogP contribution in [0.2, 0.25) is 0 Å². The summed E-state index contributed by atoms with van der Waals surface area (Å²) in [7, 11) is -3.53. The number of carbonyl (C=O) groups excluding carboxylic acids is 1. The Bertz CT molecular complexity index is 624. The number of rotatable bonds is 6. The fraction of sp³-hybridized carbons (Fsp3) is 0.733. The molecule has 0 radical (unpaired) electrons. The zero-order chi connectivity index (χ0) is 17.2. The lowest BCUT2D eigenvalue weighted by atomic mass is 9.93. The normalized spacial score (nSPS) is 13.2. The molecule has 1 heterocycles. The van der Waals surface area contributed by atoms with E-state index in [2.05, 4.69) is 10.5 Å². The molecular formula is C15H26N2O4S. The summed E-state index contributed by atoms with van der Waals surface area (Å²) in [6, 6.07) is 1.62. The van der Waals surface area contributed by atoms with Gasteiger partial charge in [0.15, 0.2) is 15.7 Å². The molecule has 0 saturated heterocycles. The zero-order valence-corrected chi connectivity index (χ0v) is 15.0. The summed E-state index contributed by atoms with van der Waals surface area (Å²) in [5.41, 5.74) is -0.237. The van der Waals surface area contributed by atoms with Gasteiger partial charge in [-0.05, 0) is 20.3 Å². The first kappa shape index (κ1) is 18.7. The minimum Gasteiger partial charge on any atom is -0.359 e. The van der Waals surface area contributed by atoms with Crippen molar-refractivity contribution in [3.05, 3.63) is 11.8 Å². The van der Waals surface area contributed by atoms with E-state index in [0.29, 0.717) is 12.2 Å². The van der Waals surface area contributed by atoms with Crippen molar-refractivity contribution in [2.75, 3.05) is 11.1 Å². The molecule has 126 valence electrons. The minimum atomic E-state index is -3.53. The van der Waals surface area contributed by atoms with Gasteiger partial charge < -0.3 is 9.84 Å². The maximum absolute atomic E-state index is 12.3. The lowest BCUT2D eigenvalue weighted by Crippen LogP contribution is -2.45. The third kappa shape index (κ3) is 4.09. The molecule has 0 fully saturated rings. The molecule has 1 N–H and O–H groups in total. The molecule has 0 aromatic carbocycles. The predicted molar refractivity (Wildman–Crippen MR) is 86.6 cm³/mol. The Morgan fingerprint density at radius 3 is 2.32 bits per heavy atom. The molecule has 1 aromatic rings. The van der Waals surface area contributed by atoms with Crippen LogP contribution in [0.15, 0.2) is 10.6 Å². The Balaban J connectivity index is 2.90. The van der Waals surface area contributed by atoms with E-state index in [9.17, 15) is 13.2 Å². The molecule has 0 aliphatic carbocycles. The summed E-state index contributed by atoms with van der Waals surface area (Å²) < 4.78 is 28.3. The summed E-state index contributed by atoms with van der Waals surface area (Å²) in [4.78, 5) is 12.3. The number of amides is 1. The second-order valence-corrected chi connectivity index (χ2v) is 9.62. The molecule has 1 rings (SSSR count). The largest absolute Gasteiger partial charge is 0.359 e. The first-order valence-electron chi connectivity index (χ1n) is 7.43. The molecule has 0 bridgehead atoms. The molecule has 0 aliphatic heterocycles. The number of nitrogens with zero attached hydrogens (tertiary/aromatic N) is 1. The second-order valence-electron chi connectivity index (χ2n) is 6.96. The van der Waals surface area contributed by atoms with Gasteiger partial charge in [0.05, 0.1) is 5.75 Å². The highest BCUT2D eigenvalue weighted by Gasteiger charge is 2.41. The van der Waals surface area contributed by atoms with Crippen LogP contribution in [0, 0.1) is 0 Å². The van der Waals surface area contributed by atoms with Crippen molar-refractivity contribution in [3.8, 4) is 0 Å². The molecule has 1 aromatic heterocycles. The maximum Gasteiger partial charge on any atom is 0.246 e. The lowest BCUT2D eigenvalue weighted by molar-refractivity contribution is -0.117. The smallest absolute Gasteiger partial charge is 0.246 e. The summed E-state index contributed by atoms with van der Waals surface area (Å²) in [5, 5.41) is 6.31. The van der Waals surface area contributed by atoms with Gasteiger partial charge in [0.25, 0.3) is 0 Å².